The molecule has 0 saturated carbocycles. The normalized spacial score (nSPS) is 13.8. The van der Waals surface area contributed by atoms with Gasteiger partial charge in [-0.25, -0.2) is 4.39 Å². The van der Waals surface area contributed by atoms with Gasteiger partial charge in [0.2, 0.25) is 106 Å². The first-order valence-corrected chi connectivity index (χ1v) is 47.4. The molecule has 47 nitrogen and oxygen atoms in total. The predicted octanol–water partition coefficient (Wildman–Crippen LogP) is -4.21. The molecule has 1 aromatic heterocycles. The Kier molecular flexibility index (Phi) is 44.7. The number of rotatable bonds is 57. The molecule has 0 radical (unpaired) electrons. The SMILES string of the molecule is CCc1cc(OCCCCNC(=O)[C@H](CO)NC(=O)CNC(=O)CNC(=O)CNC(=O)CNC(=O)CCC(=O)N2Cc3ccccc3C#Cc3ccccc32)ccc1-c1ccc(C[C@H](NC(=O)[C@H](CC(=O)O)NC(=O)[C@H](CO)NC(=O)[C@@H](NC(=O)[C@](C)(Cc2ccccc2F)NC(=O)[C@@H](NC(=O)CNC(=O)[C@H](Cc2nn[nH]n2)NC(=O)C(C)(C)C(N)=O)[C@@H](C)O)[C@@H](C)O)C(=O)N[C@@H](CCCc2cc(C)cc(C)c2)C(N)=O)cc1. The molecule has 0 spiro atoms. The largest absolute Gasteiger partial charge is 0.494 e. The summed E-state index contributed by atoms with van der Waals surface area (Å²) in [5, 5.41) is 101. The number of carbonyl (C=O) groups excluding carboxylic acids is 18. The number of fused-ring (bicyclic) bond motifs is 2. The van der Waals surface area contributed by atoms with Crippen LogP contribution in [0.1, 0.15) is 142 Å². The number of unbranched alkanes of at least 4 members (excludes halogenated alkanes) is 1. The van der Waals surface area contributed by atoms with E-state index < -0.39 is 249 Å². The maximum atomic E-state index is 15.6. The van der Waals surface area contributed by atoms with Crippen molar-refractivity contribution in [2.45, 2.75) is 205 Å². The second-order valence-corrected chi connectivity index (χ2v) is 35.9. The van der Waals surface area contributed by atoms with Gasteiger partial charge >= 0.3 is 5.97 Å². The number of primary amides is 2. The second kappa shape index (κ2) is 56.6. The van der Waals surface area contributed by atoms with Crippen LogP contribution in [0.2, 0.25) is 0 Å². The summed E-state index contributed by atoms with van der Waals surface area (Å²) in [5.41, 5.74) is 15.2. The van der Waals surface area contributed by atoms with Crippen LogP contribution in [0, 0.1) is 36.9 Å². The van der Waals surface area contributed by atoms with Crippen LogP contribution in [0.25, 0.3) is 11.1 Å². The lowest BCUT2D eigenvalue weighted by Crippen LogP contribution is -2.67. The number of hydrogen-bond donors (Lipinski definition) is 23. The van der Waals surface area contributed by atoms with Crippen molar-refractivity contribution in [1.29, 1.82) is 0 Å². The van der Waals surface area contributed by atoms with E-state index in [9.17, 15) is 117 Å². The minimum absolute atomic E-state index is 0.0178. The number of hydrogen-bond acceptors (Lipinski definition) is 27. The van der Waals surface area contributed by atoms with Gasteiger partial charge in [0.15, 0.2) is 5.82 Å². The number of tetrazole rings is 1. The first kappa shape index (κ1) is 117. The van der Waals surface area contributed by atoms with E-state index in [4.69, 9.17) is 16.2 Å². The second-order valence-electron chi connectivity index (χ2n) is 35.9. The van der Waals surface area contributed by atoms with Gasteiger partial charge in [-0.15, -0.1) is 10.2 Å². The van der Waals surface area contributed by atoms with Crippen LogP contribution in [0.5, 0.6) is 5.75 Å². The van der Waals surface area contributed by atoms with Gasteiger partial charge in [-0.05, 0) is 162 Å². The van der Waals surface area contributed by atoms with Gasteiger partial charge in [-0.3, -0.25) is 91.1 Å². The third kappa shape index (κ3) is 36.3. The molecular formula is C100H125FN22O25. The maximum absolute atomic E-state index is 15.6. The summed E-state index contributed by atoms with van der Waals surface area (Å²) in [6, 6.07) is 23.0. The van der Waals surface area contributed by atoms with Crippen LogP contribution in [0.4, 0.5) is 10.1 Å². The summed E-state index contributed by atoms with van der Waals surface area (Å²) in [7, 11) is 0. The van der Waals surface area contributed by atoms with E-state index in [1.807, 2.05) is 81.4 Å². The van der Waals surface area contributed by atoms with Gasteiger partial charge in [-0.2, -0.15) is 5.21 Å². The number of anilines is 1. The molecule has 0 unspecified atom stereocenters. The Bertz CT molecular complexity index is 6010. The molecule has 1 aliphatic heterocycles. The lowest BCUT2D eigenvalue weighted by Gasteiger charge is -2.34. The number of benzene rings is 6. The average Bonchev–Trinajstić information content (AvgIpc) is 0.858. The number of para-hydroxylation sites is 1. The van der Waals surface area contributed by atoms with E-state index in [1.54, 1.807) is 53.4 Å². The quantitative estimate of drug-likeness (QED) is 0.00976. The van der Waals surface area contributed by atoms with Crippen LogP contribution in [0.3, 0.4) is 0 Å². The number of aryl methyl sites for hydroxylation is 4. The zero-order chi connectivity index (χ0) is 109. The van der Waals surface area contributed by atoms with Crippen LogP contribution in [-0.2, 0) is 130 Å². The minimum atomic E-state index is -2.44. The first-order chi connectivity index (χ1) is 70.3. The van der Waals surface area contributed by atoms with E-state index in [1.165, 1.54) is 32.0 Å². The number of carbonyl (C=O) groups is 19. The van der Waals surface area contributed by atoms with Crippen molar-refractivity contribution in [2.75, 3.05) is 64.0 Å². The molecule has 18 amide bonds. The van der Waals surface area contributed by atoms with Gasteiger partial charge in [0.25, 0.3) is 0 Å². The van der Waals surface area contributed by atoms with E-state index in [2.05, 4.69) is 112 Å². The summed E-state index contributed by atoms with van der Waals surface area (Å²) in [5.74, 6) is -13.9. The van der Waals surface area contributed by atoms with Crippen molar-refractivity contribution in [3.63, 3.8) is 0 Å². The monoisotopic (exact) mass is 2050 g/mol. The fourth-order valence-electron chi connectivity index (χ4n) is 15.2. The summed E-state index contributed by atoms with van der Waals surface area (Å²) in [4.78, 5) is 256. The van der Waals surface area contributed by atoms with Gasteiger partial charge in [0, 0.05) is 49.8 Å². The van der Waals surface area contributed by atoms with E-state index >= 15 is 4.39 Å². The van der Waals surface area contributed by atoms with Gasteiger partial charge in [-0.1, -0.05) is 132 Å². The van der Waals surface area contributed by atoms with Crippen molar-refractivity contribution in [3.05, 3.63) is 195 Å². The van der Waals surface area contributed by atoms with Crippen molar-refractivity contribution >= 4 is 118 Å². The first-order valence-electron chi connectivity index (χ1n) is 47.4. The number of aromatic nitrogens is 4. The molecule has 792 valence electrons. The number of aromatic amines is 1. The number of nitrogens with two attached hydrogens (primary N) is 2. The van der Waals surface area contributed by atoms with Crippen LogP contribution >= 0.6 is 0 Å². The Morgan fingerprint density at radius 3 is 1.68 bits per heavy atom. The minimum Gasteiger partial charge on any atom is -0.494 e. The average molecular weight is 2050 g/mol. The number of ether oxygens (including phenoxy) is 1. The Hall–Kier alpha value is -16.5. The molecule has 0 aliphatic carbocycles. The van der Waals surface area contributed by atoms with Crippen molar-refractivity contribution in [3.8, 4) is 28.7 Å². The van der Waals surface area contributed by atoms with E-state index in [-0.39, 0.29) is 62.7 Å². The van der Waals surface area contributed by atoms with Gasteiger partial charge < -0.3 is 126 Å². The number of aliphatic hydroxyl groups excluding tert-OH is 4. The van der Waals surface area contributed by atoms with Crippen molar-refractivity contribution in [2.24, 2.45) is 16.9 Å². The standard InChI is InChI=1S/C100H125FN22O25/c1-9-61-43-67(148-38-17-16-37-104-90(139)74(53-124)110-82(132)50-108-81(131)49-107-80(130)48-106-79(129)47-105-78(128)35-36-84(134)123-52-66-23-11-10-20-62(66)31-32-64-21-13-15-26-76(64)123)33-34-68(61)63-29-27-59(28-30-63)42-71(91(140)111-70(88(102)137)25-18-19-60-40-55(2)39-56(3)41-60)112-92(141)73(45-85(135)136)113-93(142)75(54-125)114-94(143)86(57(4)126)117-98(147)100(8,46-65-22-12-14-24-69(65)101)118-95(144)87(58(5)127)116-83(133)51-109-89(138)72(44-77-119-121-122-120-77)115-97(146)99(6,7)96(103)145/h10-15,20-24,26-30,33-34,39-41,43,57-58,70-75,86-87,124-127H,9,16-19,25,35-38,42,44-54H2,1-8H3,(H2,102,137)(H2,103,145)(H,104,139)(H,105,128)(H,106,129)(H,107,130)(H,108,131)(H,109,138)(H,110,132)(H,111,140)(H,112,141)(H,113,142)(H,114,143)(H,115,146)(H,116,133)(H,117,147)(H,118,144)(H,135,136)(H,119,120,121,122)/t57-,58-,70+,71+,72+,73+,74+,75+,86+,87+,100+/m1/s1. The van der Waals surface area contributed by atoms with Crippen molar-refractivity contribution in [1.82, 2.24) is 100 Å². The topological polar surface area (TPSA) is 725 Å². The Morgan fingerprint density at radius 2 is 1.07 bits per heavy atom. The smallest absolute Gasteiger partial charge is 0.305 e. The Morgan fingerprint density at radius 1 is 0.520 bits per heavy atom. The molecule has 148 heavy (non-hydrogen) atoms. The number of amides is 18. The third-order valence-electron chi connectivity index (χ3n) is 23.6. The number of nitrogens with one attached hydrogen (secondary N) is 16. The van der Waals surface area contributed by atoms with Crippen LogP contribution in [0.15, 0.2) is 133 Å². The van der Waals surface area contributed by atoms with Crippen LogP contribution < -0.4 is 101 Å². The van der Waals surface area contributed by atoms with E-state index in [0.29, 0.717) is 60.2 Å². The number of aliphatic hydroxyl groups is 4. The lowest BCUT2D eigenvalue weighted by atomic mass is 9.90. The number of halogens is 1. The molecule has 8 rings (SSSR count). The van der Waals surface area contributed by atoms with E-state index in [0.717, 1.165) is 65.8 Å². The summed E-state index contributed by atoms with van der Waals surface area (Å²) in [6.45, 7) is 6.26. The molecule has 11 atom stereocenters. The van der Waals surface area contributed by atoms with Gasteiger partial charge in [0.05, 0.1) is 83.4 Å². The molecule has 7 aromatic rings. The molecule has 25 N–H and O–H groups in total. The van der Waals surface area contributed by atoms with Crippen LogP contribution in [-0.4, -0.2) is 284 Å². The number of carboxylic acid groups (broad SMARTS) is 1. The fourth-order valence-corrected chi connectivity index (χ4v) is 15.2. The number of carboxylic acids is 1. The molecule has 2 heterocycles. The molecule has 0 fully saturated rings. The zero-order valence-corrected chi connectivity index (χ0v) is 82.8. The molecular weight excluding hydrogens is 1930 g/mol. The lowest BCUT2D eigenvalue weighted by molar-refractivity contribution is -0.142. The molecule has 48 heteroatoms. The highest BCUT2D eigenvalue weighted by molar-refractivity contribution is 6.06. The van der Waals surface area contributed by atoms with Crippen molar-refractivity contribution < 1.29 is 126 Å². The number of H-pyrrole nitrogens is 1. The number of aliphatic carboxylic acids is 1. The molecule has 0 saturated heterocycles. The molecule has 6 aromatic carbocycles. The summed E-state index contributed by atoms with van der Waals surface area (Å²) >= 11 is 0. The predicted molar refractivity (Wildman–Crippen MR) is 528 cm³/mol. The third-order valence-corrected chi connectivity index (χ3v) is 23.6. The zero-order valence-electron chi connectivity index (χ0n) is 82.8. The summed E-state index contributed by atoms with van der Waals surface area (Å²) in [6.07, 6.45) is -4.79. The highest BCUT2D eigenvalue weighted by atomic mass is 19.1. The summed E-state index contributed by atoms with van der Waals surface area (Å²) < 4.78 is 21.6. The fraction of sp³-hybridized carbons (Fsp3) is 0.420. The maximum Gasteiger partial charge on any atom is 0.305 e. The Labute approximate surface area is 850 Å². The van der Waals surface area contributed by atoms with Gasteiger partial charge in [0.1, 0.15) is 70.9 Å². The molecule has 1 aliphatic rings. The number of nitrogens with zero attached hydrogens (tertiary/aromatic N) is 4. The molecule has 0 bridgehead atoms. The highest BCUT2D eigenvalue weighted by Gasteiger charge is 2.44. The highest BCUT2D eigenvalue weighted by Crippen LogP contribution is 2.31. The Balaban J connectivity index is 0.830.